The third-order valence-corrected chi connectivity index (χ3v) is 10.0. The molecule has 0 radical (unpaired) electrons. The average Bonchev–Trinajstić information content (AvgIpc) is 2.40. The fourth-order valence-corrected chi connectivity index (χ4v) is 8.65. The summed E-state index contributed by atoms with van der Waals surface area (Å²) in [4.78, 5) is 0. The molecule has 0 rings (SSSR count). The molecule has 0 bridgehead atoms. The summed E-state index contributed by atoms with van der Waals surface area (Å²) in [7, 11) is 0. The molecule has 3 nitrogen and oxygen atoms in total. The zero-order valence-corrected chi connectivity index (χ0v) is 15.7. The van der Waals surface area contributed by atoms with Crippen LogP contribution in [0.1, 0.15) is 79.1 Å². The maximum Gasteiger partial charge on any atom is -0.412 e. The summed E-state index contributed by atoms with van der Waals surface area (Å²) in [6, 6.07) is 0. The third kappa shape index (κ3) is 11.5. The minimum absolute atomic E-state index is 0. The molecule has 0 fully saturated rings. The summed E-state index contributed by atoms with van der Waals surface area (Å²) < 4.78 is 16.1. The predicted octanol–water partition coefficient (Wildman–Crippen LogP) is 4.15. The summed E-state index contributed by atoms with van der Waals surface area (Å²) in [5.74, 6) is 0. The van der Waals surface area contributed by atoms with E-state index in [4.69, 9.17) is 0 Å². The van der Waals surface area contributed by atoms with Crippen LogP contribution in [0.4, 0.5) is 4.20 Å². The Balaban J connectivity index is -0.000000482. The topological polar surface area (TPSA) is 94.5 Å². The molecule has 0 amide bonds. The summed E-state index contributed by atoms with van der Waals surface area (Å²) in [6.07, 6.45) is 12.7. The van der Waals surface area contributed by atoms with Crippen molar-refractivity contribution in [3.05, 3.63) is 0 Å². The minimum atomic E-state index is -2.86. The average molecular weight is 332 g/mol. The number of hydrogen-bond acceptors (Lipinski definition) is 0. The largest absolute Gasteiger partial charge is 0.412 e. The van der Waals surface area contributed by atoms with Gasteiger partial charge in [0.1, 0.15) is 0 Å². The van der Waals surface area contributed by atoms with E-state index in [0.29, 0.717) is 0 Å². The van der Waals surface area contributed by atoms with Crippen molar-refractivity contribution in [3.63, 3.8) is 0 Å². The van der Waals surface area contributed by atoms with Crippen molar-refractivity contribution in [2.75, 3.05) is 24.6 Å². The van der Waals surface area contributed by atoms with Crippen molar-refractivity contribution in [1.29, 1.82) is 0 Å². The minimum Gasteiger partial charge on any atom is -0.412 e. The summed E-state index contributed by atoms with van der Waals surface area (Å²) in [5, 5.41) is 0. The number of rotatable bonds is 12. The van der Waals surface area contributed by atoms with E-state index in [0.717, 1.165) is 76.0 Å². The number of halogens is 1. The van der Waals surface area contributed by atoms with Gasteiger partial charge in [0.25, 0.3) is 0 Å². The van der Waals surface area contributed by atoms with Crippen LogP contribution in [-0.2, 0) is 0 Å². The first-order chi connectivity index (χ1) is 8.54. The Hall–Kier alpha value is 0.240. The molecular formula is C16H42FO3P. The Morgan fingerprint density at radius 2 is 0.714 bits per heavy atom. The molecular weight excluding hydrogens is 290 g/mol. The van der Waals surface area contributed by atoms with Crippen molar-refractivity contribution in [1.82, 2.24) is 0 Å². The van der Waals surface area contributed by atoms with Gasteiger partial charge in [0.05, 0.1) is 0 Å². The maximum atomic E-state index is 16.1. The first kappa shape index (κ1) is 29.3. The second-order valence-corrected chi connectivity index (χ2v) is 11.6. The molecule has 0 aromatic heterocycles. The van der Waals surface area contributed by atoms with Gasteiger partial charge in [-0.05, 0) is 0 Å². The second kappa shape index (κ2) is 15.1. The monoisotopic (exact) mass is 332 g/mol. The predicted molar refractivity (Wildman–Crippen MR) is 98.0 cm³/mol. The van der Waals surface area contributed by atoms with Crippen LogP contribution in [0.5, 0.6) is 0 Å². The quantitative estimate of drug-likeness (QED) is 0.480. The molecule has 6 N–H and O–H groups in total. The van der Waals surface area contributed by atoms with Crippen molar-refractivity contribution in [2.45, 2.75) is 79.1 Å². The molecule has 0 aliphatic carbocycles. The van der Waals surface area contributed by atoms with Gasteiger partial charge in [-0.25, -0.2) is 0 Å². The van der Waals surface area contributed by atoms with Gasteiger partial charge in [-0.15, -0.1) is 0 Å². The third-order valence-electron chi connectivity index (χ3n) is 4.28. The van der Waals surface area contributed by atoms with E-state index in [1.807, 2.05) is 0 Å². The van der Waals surface area contributed by atoms with Gasteiger partial charge in [0, 0.05) is 0 Å². The Morgan fingerprint density at radius 1 is 0.524 bits per heavy atom. The molecule has 0 saturated carbocycles. The summed E-state index contributed by atoms with van der Waals surface area (Å²) >= 11 is 0. The smallest absolute Gasteiger partial charge is 0.412 e. The van der Waals surface area contributed by atoms with E-state index in [2.05, 4.69) is 27.7 Å². The molecule has 21 heavy (non-hydrogen) atoms. The fraction of sp³-hybridized carbons (Fsp3) is 1.00. The van der Waals surface area contributed by atoms with Crippen LogP contribution in [0.3, 0.4) is 0 Å². The molecule has 0 spiro atoms. The standard InChI is InChI=1S/C16H36FP.3H2O/c1-5-9-13-18(17,14-10-6-2,15-11-7-3)16-12-8-4;;;/h5-16H2,1-4H3;3*1H2. The van der Waals surface area contributed by atoms with Crippen molar-refractivity contribution in [2.24, 2.45) is 0 Å². The zero-order chi connectivity index (χ0) is 13.9. The van der Waals surface area contributed by atoms with E-state index in [1.54, 1.807) is 0 Å². The maximum absolute atomic E-state index is 16.1. The second-order valence-electron chi connectivity index (χ2n) is 6.13. The van der Waals surface area contributed by atoms with E-state index in [-0.39, 0.29) is 16.4 Å². The zero-order valence-electron chi connectivity index (χ0n) is 14.8. The molecule has 0 saturated heterocycles. The number of hydrogen-bond donors (Lipinski definition) is 0. The molecule has 0 aromatic rings. The van der Waals surface area contributed by atoms with E-state index in [9.17, 15) is 0 Å². The molecule has 0 atom stereocenters. The Kier molecular flexibility index (Phi) is 21.1. The van der Waals surface area contributed by atoms with Crippen molar-refractivity contribution in [3.8, 4) is 0 Å². The summed E-state index contributed by atoms with van der Waals surface area (Å²) in [6.45, 7) is 5.92. The van der Waals surface area contributed by atoms with Gasteiger partial charge in [0.2, 0.25) is 0 Å². The van der Waals surface area contributed by atoms with E-state index >= 15 is 4.20 Å². The fourth-order valence-electron chi connectivity index (χ4n) is 2.88. The molecule has 0 aliphatic heterocycles. The van der Waals surface area contributed by atoms with Crippen LogP contribution in [0, 0.1) is 0 Å². The van der Waals surface area contributed by atoms with Gasteiger partial charge in [0.15, 0.2) is 0 Å². The first-order valence-electron chi connectivity index (χ1n) is 8.26. The van der Waals surface area contributed by atoms with Crippen LogP contribution < -0.4 is 0 Å². The van der Waals surface area contributed by atoms with Gasteiger partial charge >= 0.3 is 115 Å². The van der Waals surface area contributed by atoms with Crippen LogP contribution in [0.25, 0.3) is 0 Å². The van der Waals surface area contributed by atoms with Gasteiger partial charge in [-0.3, -0.25) is 0 Å². The van der Waals surface area contributed by atoms with E-state index < -0.39 is 6.91 Å². The Morgan fingerprint density at radius 3 is 0.857 bits per heavy atom. The van der Waals surface area contributed by atoms with Crippen molar-refractivity contribution >= 4 is 6.91 Å². The molecule has 0 unspecified atom stereocenters. The number of unbranched alkanes of at least 4 members (excludes halogenated alkanes) is 4. The molecule has 5 heteroatoms. The SMILES string of the molecule is CCCCP(F)(CCCC)(CCCC)CCCC.O.O.O. The molecule has 136 valence electrons. The Labute approximate surface area is 132 Å². The normalized spacial score (nSPS) is 12.3. The first-order valence-corrected chi connectivity index (χ1v) is 11.1. The van der Waals surface area contributed by atoms with Crippen LogP contribution in [0.2, 0.25) is 0 Å². The van der Waals surface area contributed by atoms with Gasteiger partial charge in [-0.1, -0.05) is 0 Å². The Bertz CT molecular complexity index is 172. The van der Waals surface area contributed by atoms with Gasteiger partial charge < -0.3 is 16.4 Å². The summed E-state index contributed by atoms with van der Waals surface area (Å²) in [5.41, 5.74) is 0. The molecule has 0 aromatic carbocycles. The van der Waals surface area contributed by atoms with Crippen molar-refractivity contribution < 1.29 is 20.6 Å². The van der Waals surface area contributed by atoms with E-state index in [1.165, 1.54) is 0 Å². The van der Waals surface area contributed by atoms with Crippen LogP contribution >= 0.6 is 6.91 Å². The van der Waals surface area contributed by atoms with Gasteiger partial charge in [-0.2, -0.15) is 0 Å². The van der Waals surface area contributed by atoms with Crippen LogP contribution in [0.15, 0.2) is 0 Å². The van der Waals surface area contributed by atoms with Crippen LogP contribution in [-0.4, -0.2) is 41.1 Å². The molecule has 0 aliphatic rings. The molecule has 0 heterocycles.